The van der Waals surface area contributed by atoms with Crippen LogP contribution in [0.5, 0.6) is 5.75 Å². The summed E-state index contributed by atoms with van der Waals surface area (Å²) in [5, 5.41) is 2.73. The van der Waals surface area contributed by atoms with Crippen LogP contribution in [0, 0.1) is 20.8 Å². The van der Waals surface area contributed by atoms with Crippen molar-refractivity contribution in [3.8, 4) is 5.75 Å². The van der Waals surface area contributed by atoms with Crippen LogP contribution in [0.4, 0.5) is 5.82 Å². The number of benzene rings is 1. The Bertz CT molecular complexity index is 694. The van der Waals surface area contributed by atoms with Gasteiger partial charge in [0.05, 0.1) is 0 Å². The van der Waals surface area contributed by atoms with Crippen molar-refractivity contribution < 1.29 is 9.53 Å². The summed E-state index contributed by atoms with van der Waals surface area (Å²) in [7, 11) is 0. The quantitative estimate of drug-likeness (QED) is 0.778. The first kappa shape index (κ1) is 17.0. The minimum absolute atomic E-state index is 0.0555. The Morgan fingerprint density at radius 1 is 1.14 bits per heavy atom. The number of hydrogen-bond donors (Lipinski definition) is 1. The number of aryl methyl sites for hydroxylation is 3. The molecule has 0 fully saturated rings. The largest absolute Gasteiger partial charge is 0.483 e. The Kier molecular flexibility index (Phi) is 5.58. The number of hydrogen-bond acceptors (Lipinski definition) is 3. The molecule has 0 aliphatic heterocycles. The van der Waals surface area contributed by atoms with Gasteiger partial charge in [-0.2, -0.15) is 0 Å². The number of carbonyl (C=O) groups is 1. The van der Waals surface area contributed by atoms with E-state index in [2.05, 4.69) is 42.2 Å². The molecular formula is C16H16Br2N2O2. The van der Waals surface area contributed by atoms with Crippen LogP contribution in [0.25, 0.3) is 0 Å². The van der Waals surface area contributed by atoms with Crippen LogP contribution in [0.1, 0.15) is 16.7 Å². The zero-order chi connectivity index (χ0) is 16.3. The summed E-state index contributed by atoms with van der Waals surface area (Å²) in [5.41, 5.74) is 2.97. The highest BCUT2D eigenvalue weighted by Gasteiger charge is 2.10. The molecule has 1 N–H and O–H groups in total. The van der Waals surface area contributed by atoms with Crippen LogP contribution < -0.4 is 10.1 Å². The Balaban J connectivity index is 2.00. The third-order valence-electron chi connectivity index (χ3n) is 3.09. The molecule has 1 aromatic carbocycles. The van der Waals surface area contributed by atoms with E-state index in [1.807, 2.05) is 32.9 Å². The number of nitrogens with zero attached hydrogens (tertiary/aromatic N) is 1. The molecule has 1 aromatic heterocycles. The fourth-order valence-electron chi connectivity index (χ4n) is 2.05. The summed E-state index contributed by atoms with van der Waals surface area (Å²) in [6.07, 6.45) is 1.66. The lowest BCUT2D eigenvalue weighted by Crippen LogP contribution is -2.21. The molecule has 1 heterocycles. The number of rotatable bonds is 4. The second-order valence-corrected chi connectivity index (χ2v) is 6.79. The summed E-state index contributed by atoms with van der Waals surface area (Å²) < 4.78 is 7.54. The fourth-order valence-corrected chi connectivity index (χ4v) is 2.95. The molecule has 0 spiro atoms. The number of aromatic nitrogens is 1. The van der Waals surface area contributed by atoms with Crippen LogP contribution in [-0.4, -0.2) is 17.5 Å². The van der Waals surface area contributed by atoms with Crippen LogP contribution in [-0.2, 0) is 4.79 Å². The van der Waals surface area contributed by atoms with Crippen molar-refractivity contribution in [1.82, 2.24) is 4.98 Å². The number of pyridine rings is 1. The van der Waals surface area contributed by atoms with E-state index in [0.717, 1.165) is 31.4 Å². The monoisotopic (exact) mass is 426 g/mol. The standard InChI is InChI=1S/C16H16Br2N2O2/c1-9-6-14(19-7-13(9)18)20-15(21)8-22-16-10(2)4-12(17)5-11(16)3/h4-7H,8H2,1-3H3,(H,19,20,21). The van der Waals surface area contributed by atoms with Crippen molar-refractivity contribution in [1.29, 1.82) is 0 Å². The average molecular weight is 428 g/mol. The molecule has 0 unspecified atom stereocenters. The number of halogens is 2. The molecule has 6 heteroatoms. The summed E-state index contributed by atoms with van der Waals surface area (Å²) in [6.45, 7) is 5.78. The van der Waals surface area contributed by atoms with Gasteiger partial charge >= 0.3 is 0 Å². The zero-order valence-electron chi connectivity index (χ0n) is 12.5. The van der Waals surface area contributed by atoms with Gasteiger partial charge in [-0.1, -0.05) is 15.9 Å². The van der Waals surface area contributed by atoms with Crippen molar-refractivity contribution in [2.75, 3.05) is 11.9 Å². The second-order valence-electron chi connectivity index (χ2n) is 5.02. The lowest BCUT2D eigenvalue weighted by Gasteiger charge is -2.12. The van der Waals surface area contributed by atoms with E-state index in [1.165, 1.54) is 0 Å². The molecule has 0 radical (unpaired) electrons. The van der Waals surface area contributed by atoms with E-state index in [4.69, 9.17) is 4.74 Å². The van der Waals surface area contributed by atoms with Crippen molar-refractivity contribution in [2.45, 2.75) is 20.8 Å². The molecule has 2 aromatic rings. The summed E-state index contributed by atoms with van der Waals surface area (Å²) in [6, 6.07) is 5.72. The first-order valence-electron chi connectivity index (χ1n) is 6.68. The van der Waals surface area contributed by atoms with Crippen LogP contribution in [0.15, 0.2) is 33.3 Å². The molecule has 116 valence electrons. The maximum Gasteiger partial charge on any atom is 0.263 e. The smallest absolute Gasteiger partial charge is 0.263 e. The van der Waals surface area contributed by atoms with E-state index in [9.17, 15) is 4.79 Å². The molecule has 0 bridgehead atoms. The molecule has 0 aliphatic rings. The zero-order valence-corrected chi connectivity index (χ0v) is 15.7. The SMILES string of the molecule is Cc1cc(NC(=O)COc2c(C)cc(Br)cc2C)ncc1Br. The number of ether oxygens (including phenoxy) is 1. The number of carbonyl (C=O) groups excluding carboxylic acids is 1. The molecule has 0 saturated carbocycles. The molecule has 1 amide bonds. The van der Waals surface area contributed by atoms with Crippen molar-refractivity contribution in [3.63, 3.8) is 0 Å². The predicted molar refractivity (Wildman–Crippen MR) is 94.4 cm³/mol. The Hall–Kier alpha value is -1.40. The van der Waals surface area contributed by atoms with E-state index in [1.54, 1.807) is 12.3 Å². The van der Waals surface area contributed by atoms with E-state index < -0.39 is 0 Å². The van der Waals surface area contributed by atoms with E-state index in [0.29, 0.717) is 5.82 Å². The molecule has 0 aliphatic carbocycles. The van der Waals surface area contributed by atoms with E-state index in [-0.39, 0.29) is 12.5 Å². The first-order valence-corrected chi connectivity index (χ1v) is 8.27. The lowest BCUT2D eigenvalue weighted by molar-refractivity contribution is -0.118. The van der Waals surface area contributed by atoms with Gasteiger partial charge in [-0.25, -0.2) is 4.98 Å². The lowest BCUT2D eigenvalue weighted by atomic mass is 10.1. The Labute approximate surface area is 146 Å². The van der Waals surface area contributed by atoms with Gasteiger partial charge in [-0.05, 0) is 71.6 Å². The van der Waals surface area contributed by atoms with Gasteiger partial charge in [0.2, 0.25) is 0 Å². The average Bonchev–Trinajstić information content (AvgIpc) is 2.41. The minimum atomic E-state index is -0.240. The first-order chi connectivity index (χ1) is 10.4. The predicted octanol–water partition coefficient (Wildman–Crippen LogP) is 4.55. The topological polar surface area (TPSA) is 51.2 Å². The van der Waals surface area contributed by atoms with Gasteiger partial charge in [0.1, 0.15) is 11.6 Å². The van der Waals surface area contributed by atoms with Gasteiger partial charge in [0.25, 0.3) is 5.91 Å². The third-order valence-corrected chi connectivity index (χ3v) is 4.38. The van der Waals surface area contributed by atoms with Crippen LogP contribution in [0.3, 0.4) is 0 Å². The van der Waals surface area contributed by atoms with Gasteiger partial charge < -0.3 is 10.1 Å². The minimum Gasteiger partial charge on any atom is -0.483 e. The van der Waals surface area contributed by atoms with Gasteiger partial charge in [0, 0.05) is 15.1 Å². The maximum absolute atomic E-state index is 12.0. The number of nitrogens with one attached hydrogen (secondary N) is 1. The third kappa shape index (κ3) is 4.30. The van der Waals surface area contributed by atoms with Crippen molar-refractivity contribution >= 4 is 43.6 Å². The Morgan fingerprint density at radius 2 is 1.77 bits per heavy atom. The van der Waals surface area contributed by atoms with Gasteiger partial charge in [-0.3, -0.25) is 4.79 Å². The molecule has 0 saturated heterocycles. The summed E-state index contributed by atoms with van der Waals surface area (Å²) in [4.78, 5) is 16.1. The highest BCUT2D eigenvalue weighted by Crippen LogP contribution is 2.27. The van der Waals surface area contributed by atoms with Crippen LogP contribution in [0.2, 0.25) is 0 Å². The Morgan fingerprint density at radius 3 is 2.36 bits per heavy atom. The summed E-state index contributed by atoms with van der Waals surface area (Å²) >= 11 is 6.81. The number of anilines is 1. The van der Waals surface area contributed by atoms with Crippen molar-refractivity contribution in [3.05, 3.63) is 50.0 Å². The van der Waals surface area contributed by atoms with Crippen LogP contribution >= 0.6 is 31.9 Å². The highest BCUT2D eigenvalue weighted by molar-refractivity contribution is 9.10. The molecule has 4 nitrogen and oxygen atoms in total. The van der Waals surface area contributed by atoms with Crippen molar-refractivity contribution in [2.24, 2.45) is 0 Å². The highest BCUT2D eigenvalue weighted by atomic mass is 79.9. The second kappa shape index (κ2) is 7.24. The molecule has 2 rings (SSSR count). The molecule has 0 atom stereocenters. The fraction of sp³-hybridized carbons (Fsp3) is 0.250. The molecule has 22 heavy (non-hydrogen) atoms. The molecular weight excluding hydrogens is 412 g/mol. The summed E-state index contributed by atoms with van der Waals surface area (Å²) in [5.74, 6) is 1.01. The normalized spacial score (nSPS) is 10.4. The van der Waals surface area contributed by atoms with Gasteiger partial charge in [0.15, 0.2) is 6.61 Å². The number of amides is 1. The van der Waals surface area contributed by atoms with E-state index >= 15 is 0 Å². The van der Waals surface area contributed by atoms with Gasteiger partial charge in [-0.15, -0.1) is 0 Å². The maximum atomic E-state index is 12.0.